The van der Waals surface area contributed by atoms with Gasteiger partial charge in [-0.25, -0.2) is 9.82 Å². The van der Waals surface area contributed by atoms with Crippen molar-refractivity contribution >= 4 is 18.0 Å². The molecule has 1 rings (SSSR count). The number of methoxy groups -OCH3 is 1. The summed E-state index contributed by atoms with van der Waals surface area (Å²) >= 11 is 0. The maximum absolute atomic E-state index is 13.2. The van der Waals surface area contributed by atoms with E-state index < -0.39 is 17.6 Å². The van der Waals surface area contributed by atoms with E-state index in [1.54, 1.807) is 19.2 Å². The van der Waals surface area contributed by atoms with Crippen molar-refractivity contribution < 1.29 is 18.7 Å². The Kier molecular flexibility index (Phi) is 6.91. The summed E-state index contributed by atoms with van der Waals surface area (Å²) in [6.45, 7) is 0.824. The number of carbonyl (C=O) groups is 2. The SMILES string of the molecule is COCCCNC(=O)C(=O)N/N=C\c1ccccc1F. The van der Waals surface area contributed by atoms with Gasteiger partial charge in [0, 0.05) is 25.8 Å². The molecule has 0 aliphatic rings. The van der Waals surface area contributed by atoms with Crippen LogP contribution in [0.1, 0.15) is 12.0 Å². The summed E-state index contributed by atoms with van der Waals surface area (Å²) in [5.41, 5.74) is 2.24. The molecule has 0 heterocycles. The van der Waals surface area contributed by atoms with Crippen LogP contribution >= 0.6 is 0 Å². The maximum atomic E-state index is 13.2. The van der Waals surface area contributed by atoms with E-state index in [0.717, 1.165) is 6.21 Å². The van der Waals surface area contributed by atoms with Crippen LogP contribution in [0.25, 0.3) is 0 Å². The van der Waals surface area contributed by atoms with E-state index in [9.17, 15) is 14.0 Å². The lowest BCUT2D eigenvalue weighted by Gasteiger charge is -2.03. The predicted octanol–water partition coefficient (Wildman–Crippen LogP) is 0.429. The highest BCUT2D eigenvalue weighted by Gasteiger charge is 2.11. The van der Waals surface area contributed by atoms with Gasteiger partial charge in [-0.3, -0.25) is 9.59 Å². The van der Waals surface area contributed by atoms with Gasteiger partial charge in [0.15, 0.2) is 0 Å². The first kappa shape index (κ1) is 15.8. The van der Waals surface area contributed by atoms with Crippen LogP contribution < -0.4 is 10.7 Å². The Bertz CT molecular complexity index is 492. The molecule has 0 bridgehead atoms. The number of rotatable bonds is 6. The van der Waals surface area contributed by atoms with Gasteiger partial charge in [0.1, 0.15) is 5.82 Å². The van der Waals surface area contributed by atoms with Gasteiger partial charge in [0.25, 0.3) is 0 Å². The first-order chi connectivity index (χ1) is 9.65. The molecule has 0 saturated carbocycles. The molecule has 6 nitrogen and oxygen atoms in total. The molecule has 0 spiro atoms. The number of hydrogen-bond acceptors (Lipinski definition) is 4. The Morgan fingerprint density at radius 2 is 2.10 bits per heavy atom. The number of hydrazone groups is 1. The van der Waals surface area contributed by atoms with Crippen molar-refractivity contribution in [3.8, 4) is 0 Å². The highest BCUT2D eigenvalue weighted by molar-refractivity contribution is 6.35. The minimum absolute atomic E-state index is 0.216. The monoisotopic (exact) mass is 281 g/mol. The van der Waals surface area contributed by atoms with Crippen LogP contribution in [-0.2, 0) is 14.3 Å². The van der Waals surface area contributed by atoms with E-state index >= 15 is 0 Å². The van der Waals surface area contributed by atoms with Crippen molar-refractivity contribution in [1.29, 1.82) is 0 Å². The van der Waals surface area contributed by atoms with Crippen molar-refractivity contribution in [2.75, 3.05) is 20.3 Å². The lowest BCUT2D eigenvalue weighted by atomic mass is 10.2. The molecule has 2 amide bonds. The zero-order valence-corrected chi connectivity index (χ0v) is 11.1. The minimum atomic E-state index is -0.907. The quantitative estimate of drug-likeness (QED) is 0.343. The summed E-state index contributed by atoms with van der Waals surface area (Å²) < 4.78 is 18.0. The molecular formula is C13H16FN3O3. The second kappa shape index (κ2) is 8.76. The van der Waals surface area contributed by atoms with Gasteiger partial charge >= 0.3 is 11.8 Å². The summed E-state index contributed by atoms with van der Waals surface area (Å²) in [5.74, 6) is -2.17. The smallest absolute Gasteiger partial charge is 0.329 e. The van der Waals surface area contributed by atoms with Gasteiger partial charge in [-0.15, -0.1) is 0 Å². The first-order valence-electron chi connectivity index (χ1n) is 6.00. The van der Waals surface area contributed by atoms with E-state index in [0.29, 0.717) is 19.6 Å². The summed E-state index contributed by atoms with van der Waals surface area (Å²) in [5, 5.41) is 5.92. The molecule has 0 aromatic heterocycles. The van der Waals surface area contributed by atoms with E-state index in [2.05, 4.69) is 10.4 Å². The van der Waals surface area contributed by atoms with Crippen LogP contribution in [-0.4, -0.2) is 38.3 Å². The summed E-state index contributed by atoms with van der Waals surface area (Å²) in [4.78, 5) is 22.6. The van der Waals surface area contributed by atoms with Gasteiger partial charge in [0.2, 0.25) is 0 Å². The molecule has 0 radical (unpaired) electrons. The van der Waals surface area contributed by atoms with Crippen LogP contribution in [0, 0.1) is 5.82 Å². The molecule has 2 N–H and O–H groups in total. The average Bonchev–Trinajstić information content (AvgIpc) is 2.45. The molecule has 1 aromatic carbocycles. The van der Waals surface area contributed by atoms with Crippen LogP contribution in [0.3, 0.4) is 0 Å². The normalized spacial score (nSPS) is 10.5. The highest BCUT2D eigenvalue weighted by Crippen LogP contribution is 2.02. The van der Waals surface area contributed by atoms with Gasteiger partial charge in [0.05, 0.1) is 6.21 Å². The zero-order valence-electron chi connectivity index (χ0n) is 11.1. The summed E-state index contributed by atoms with van der Waals surface area (Å²) in [7, 11) is 1.55. The Balaban J connectivity index is 2.35. The zero-order chi connectivity index (χ0) is 14.8. The van der Waals surface area contributed by atoms with E-state index in [1.165, 1.54) is 12.1 Å². The van der Waals surface area contributed by atoms with Gasteiger partial charge in [-0.1, -0.05) is 18.2 Å². The third-order valence-electron chi connectivity index (χ3n) is 2.29. The Labute approximate surface area is 116 Å². The van der Waals surface area contributed by atoms with Crippen LogP contribution in [0.2, 0.25) is 0 Å². The van der Waals surface area contributed by atoms with E-state index in [1.807, 2.05) is 5.43 Å². The van der Waals surface area contributed by atoms with Crippen molar-refractivity contribution in [3.05, 3.63) is 35.6 Å². The van der Waals surface area contributed by atoms with Crippen molar-refractivity contribution in [3.63, 3.8) is 0 Å². The summed E-state index contributed by atoms with van der Waals surface area (Å²) in [6, 6.07) is 5.94. The average molecular weight is 281 g/mol. The number of nitrogens with one attached hydrogen (secondary N) is 2. The van der Waals surface area contributed by atoms with Crippen LogP contribution in [0.4, 0.5) is 4.39 Å². The van der Waals surface area contributed by atoms with Crippen molar-refractivity contribution in [2.24, 2.45) is 5.10 Å². The van der Waals surface area contributed by atoms with Gasteiger partial charge in [-0.05, 0) is 12.5 Å². The number of benzene rings is 1. The molecule has 0 atom stereocenters. The van der Waals surface area contributed by atoms with Crippen molar-refractivity contribution in [2.45, 2.75) is 6.42 Å². The number of halogens is 1. The lowest BCUT2D eigenvalue weighted by Crippen LogP contribution is -2.38. The number of carbonyl (C=O) groups excluding carboxylic acids is 2. The van der Waals surface area contributed by atoms with Gasteiger partial charge < -0.3 is 10.1 Å². The van der Waals surface area contributed by atoms with Crippen LogP contribution in [0.5, 0.6) is 0 Å². The molecule has 7 heteroatoms. The number of ether oxygens (including phenoxy) is 1. The van der Waals surface area contributed by atoms with E-state index in [-0.39, 0.29) is 5.56 Å². The molecule has 108 valence electrons. The molecule has 0 aliphatic heterocycles. The molecule has 0 unspecified atom stereocenters. The highest BCUT2D eigenvalue weighted by atomic mass is 19.1. The fourth-order valence-corrected chi connectivity index (χ4v) is 1.29. The van der Waals surface area contributed by atoms with Crippen LogP contribution in [0.15, 0.2) is 29.4 Å². The lowest BCUT2D eigenvalue weighted by molar-refractivity contribution is -0.139. The molecule has 20 heavy (non-hydrogen) atoms. The third kappa shape index (κ3) is 5.57. The van der Waals surface area contributed by atoms with Gasteiger partial charge in [-0.2, -0.15) is 5.10 Å². The first-order valence-corrected chi connectivity index (χ1v) is 6.00. The third-order valence-corrected chi connectivity index (χ3v) is 2.29. The van der Waals surface area contributed by atoms with E-state index in [4.69, 9.17) is 4.74 Å². The Morgan fingerprint density at radius 1 is 1.35 bits per heavy atom. The summed E-state index contributed by atoms with van der Waals surface area (Å²) in [6.07, 6.45) is 1.74. The topological polar surface area (TPSA) is 79.8 Å². The second-order valence-electron chi connectivity index (χ2n) is 3.82. The second-order valence-corrected chi connectivity index (χ2v) is 3.82. The number of hydrogen-bond donors (Lipinski definition) is 2. The number of nitrogens with zero attached hydrogens (tertiary/aromatic N) is 1. The fraction of sp³-hybridized carbons (Fsp3) is 0.308. The number of amides is 2. The minimum Gasteiger partial charge on any atom is -0.385 e. The largest absolute Gasteiger partial charge is 0.385 e. The predicted molar refractivity (Wildman–Crippen MR) is 71.6 cm³/mol. The molecule has 0 saturated heterocycles. The molecule has 0 aliphatic carbocycles. The standard InChI is InChI=1S/C13H16FN3O3/c1-20-8-4-7-15-12(18)13(19)17-16-9-10-5-2-3-6-11(10)14/h2-3,5-6,9H,4,7-8H2,1H3,(H,15,18)(H,17,19)/b16-9-. The molecular weight excluding hydrogens is 265 g/mol. The Hall–Kier alpha value is -2.28. The molecule has 1 aromatic rings. The van der Waals surface area contributed by atoms with Crippen molar-refractivity contribution in [1.82, 2.24) is 10.7 Å². The molecule has 0 fully saturated rings. The fourth-order valence-electron chi connectivity index (χ4n) is 1.29. The maximum Gasteiger partial charge on any atom is 0.329 e. The Morgan fingerprint density at radius 3 is 2.80 bits per heavy atom.